The van der Waals surface area contributed by atoms with Gasteiger partial charge in [0.2, 0.25) is 0 Å². The van der Waals surface area contributed by atoms with Gasteiger partial charge in [-0.3, -0.25) is 0 Å². The Kier molecular flexibility index (Phi) is 4.47. The van der Waals surface area contributed by atoms with Gasteiger partial charge in [0.1, 0.15) is 29.0 Å². The molecule has 7 heteroatoms. The van der Waals surface area contributed by atoms with E-state index < -0.39 is 5.97 Å². The van der Waals surface area contributed by atoms with E-state index in [1.54, 1.807) is 32.1 Å². The zero-order valence-electron chi connectivity index (χ0n) is 13.6. The van der Waals surface area contributed by atoms with Gasteiger partial charge in [0.05, 0.1) is 12.3 Å². The summed E-state index contributed by atoms with van der Waals surface area (Å²) in [5, 5.41) is 14.2. The number of halogens is 1. The van der Waals surface area contributed by atoms with E-state index in [1.165, 1.54) is 18.4 Å². The van der Waals surface area contributed by atoms with Crippen LogP contribution in [0.1, 0.15) is 19.4 Å². The van der Waals surface area contributed by atoms with Crippen molar-refractivity contribution in [1.29, 1.82) is 0 Å². The molecule has 2 heterocycles. The summed E-state index contributed by atoms with van der Waals surface area (Å²) in [6, 6.07) is 5.76. The van der Waals surface area contributed by atoms with E-state index in [0.29, 0.717) is 22.5 Å². The van der Waals surface area contributed by atoms with E-state index in [2.05, 4.69) is 10.1 Å². The van der Waals surface area contributed by atoms with Crippen molar-refractivity contribution < 1.29 is 23.6 Å². The minimum Gasteiger partial charge on any atom is -0.505 e. The van der Waals surface area contributed by atoms with Gasteiger partial charge in [-0.05, 0) is 44.2 Å². The Morgan fingerprint density at radius 2 is 2.08 bits per heavy atom. The van der Waals surface area contributed by atoms with E-state index in [0.717, 1.165) is 0 Å². The minimum absolute atomic E-state index is 0.0351. The molecular formula is C18H15FN2O4. The van der Waals surface area contributed by atoms with Crippen LogP contribution in [-0.2, 0) is 9.53 Å². The summed E-state index contributed by atoms with van der Waals surface area (Å²) < 4.78 is 23.0. The quantitative estimate of drug-likeness (QED) is 0.857. The van der Waals surface area contributed by atoms with Crippen molar-refractivity contribution in [2.45, 2.75) is 13.8 Å². The summed E-state index contributed by atoms with van der Waals surface area (Å²) in [4.78, 5) is 16.1. The van der Waals surface area contributed by atoms with Crippen molar-refractivity contribution in [3.8, 4) is 11.3 Å². The number of esters is 1. The molecule has 25 heavy (non-hydrogen) atoms. The first-order valence-electron chi connectivity index (χ1n) is 7.59. The number of hydrogen-bond donors (Lipinski definition) is 1. The number of aliphatic imine (C=N–C) groups is 1. The molecule has 1 aromatic heterocycles. The molecule has 0 spiro atoms. The van der Waals surface area contributed by atoms with Gasteiger partial charge in [-0.2, -0.15) is 0 Å². The van der Waals surface area contributed by atoms with Crippen LogP contribution in [0, 0.1) is 5.82 Å². The molecule has 0 atom stereocenters. The Bertz CT molecular complexity index is 907. The summed E-state index contributed by atoms with van der Waals surface area (Å²) in [5.74, 6) is -1.25. The van der Waals surface area contributed by atoms with Gasteiger partial charge in [-0.15, -0.1) is 0 Å². The fourth-order valence-electron chi connectivity index (χ4n) is 2.46. The molecule has 3 rings (SSSR count). The molecule has 0 aliphatic carbocycles. The normalized spacial score (nSPS) is 15.6. The van der Waals surface area contributed by atoms with Crippen molar-refractivity contribution >= 4 is 17.8 Å². The first kappa shape index (κ1) is 16.6. The second-order valence-corrected chi connectivity index (χ2v) is 5.30. The molecule has 6 nitrogen and oxygen atoms in total. The number of aromatic nitrogens is 1. The lowest BCUT2D eigenvalue weighted by Crippen LogP contribution is -2.13. The van der Waals surface area contributed by atoms with Crippen LogP contribution < -0.4 is 0 Å². The zero-order chi connectivity index (χ0) is 18.0. The Labute approximate surface area is 142 Å². The number of carbonyl (C=O) groups is 1. The summed E-state index contributed by atoms with van der Waals surface area (Å²) in [7, 11) is 0. The van der Waals surface area contributed by atoms with E-state index in [4.69, 9.17) is 9.26 Å². The molecule has 0 radical (unpaired) electrons. The molecule has 0 unspecified atom stereocenters. The van der Waals surface area contributed by atoms with Crippen LogP contribution in [0.3, 0.4) is 0 Å². The van der Waals surface area contributed by atoms with Gasteiger partial charge in [0.25, 0.3) is 0 Å². The maximum atomic E-state index is 13.1. The second-order valence-electron chi connectivity index (χ2n) is 5.30. The number of benzene rings is 1. The predicted octanol–water partition coefficient (Wildman–Crippen LogP) is 3.67. The van der Waals surface area contributed by atoms with Crippen LogP contribution in [0.4, 0.5) is 4.39 Å². The van der Waals surface area contributed by atoms with Gasteiger partial charge in [0, 0.05) is 11.1 Å². The Hall–Kier alpha value is -3.22. The van der Waals surface area contributed by atoms with Crippen molar-refractivity contribution in [3.05, 3.63) is 58.9 Å². The van der Waals surface area contributed by atoms with Crippen LogP contribution >= 0.6 is 0 Å². The average Bonchev–Trinajstić information content (AvgIpc) is 3.14. The number of ether oxygens (including phenoxy) is 1. The highest BCUT2D eigenvalue weighted by molar-refractivity contribution is 6.22. The summed E-state index contributed by atoms with van der Waals surface area (Å²) in [6.07, 6.45) is 2.92. The third kappa shape index (κ3) is 3.21. The number of hydrogen-bond acceptors (Lipinski definition) is 6. The van der Waals surface area contributed by atoms with E-state index in [1.807, 2.05) is 0 Å². The average molecular weight is 342 g/mol. The lowest BCUT2D eigenvalue weighted by Gasteiger charge is -2.02. The van der Waals surface area contributed by atoms with Crippen LogP contribution in [0.15, 0.2) is 57.1 Å². The lowest BCUT2D eigenvalue weighted by atomic mass is 10.1. The largest absolute Gasteiger partial charge is 0.505 e. The molecule has 0 amide bonds. The van der Waals surface area contributed by atoms with Gasteiger partial charge in [-0.25, -0.2) is 14.2 Å². The van der Waals surface area contributed by atoms with Crippen LogP contribution in [-0.4, -0.2) is 28.6 Å². The van der Waals surface area contributed by atoms with E-state index in [9.17, 15) is 14.3 Å². The fraction of sp³-hybridized carbons (Fsp3) is 0.167. The van der Waals surface area contributed by atoms with Crippen molar-refractivity contribution in [1.82, 2.24) is 5.16 Å². The highest BCUT2D eigenvalue weighted by Gasteiger charge is 2.28. The van der Waals surface area contributed by atoms with Crippen molar-refractivity contribution in [3.63, 3.8) is 0 Å². The molecule has 128 valence electrons. The first-order valence-corrected chi connectivity index (χ1v) is 7.59. The fourth-order valence-corrected chi connectivity index (χ4v) is 2.46. The third-order valence-corrected chi connectivity index (χ3v) is 3.62. The molecule has 0 saturated carbocycles. The number of nitrogens with zero attached hydrogens (tertiary/aromatic N) is 2. The molecular weight excluding hydrogens is 327 g/mol. The lowest BCUT2D eigenvalue weighted by molar-refractivity contribution is -0.138. The Morgan fingerprint density at radius 3 is 2.76 bits per heavy atom. The van der Waals surface area contributed by atoms with Gasteiger partial charge in [0.15, 0.2) is 5.76 Å². The molecule has 1 N–H and O–H groups in total. The molecule has 0 bridgehead atoms. The summed E-state index contributed by atoms with van der Waals surface area (Å²) in [6.45, 7) is 3.49. The van der Waals surface area contributed by atoms with E-state index in [-0.39, 0.29) is 29.5 Å². The predicted molar refractivity (Wildman–Crippen MR) is 89.3 cm³/mol. The van der Waals surface area contributed by atoms with E-state index >= 15 is 0 Å². The maximum absolute atomic E-state index is 13.1. The van der Waals surface area contributed by atoms with Gasteiger partial charge < -0.3 is 14.4 Å². The monoisotopic (exact) mass is 342 g/mol. The Morgan fingerprint density at radius 1 is 1.36 bits per heavy atom. The second kappa shape index (κ2) is 6.72. The minimum atomic E-state index is -0.631. The molecule has 1 aromatic carbocycles. The molecule has 0 fully saturated rings. The number of carbonyl (C=O) groups excluding carboxylic acids is 1. The number of rotatable bonds is 4. The van der Waals surface area contributed by atoms with Crippen LogP contribution in [0.2, 0.25) is 0 Å². The highest BCUT2D eigenvalue weighted by atomic mass is 19.1. The van der Waals surface area contributed by atoms with Crippen LogP contribution in [0.5, 0.6) is 0 Å². The van der Waals surface area contributed by atoms with Crippen LogP contribution in [0.25, 0.3) is 17.3 Å². The molecule has 2 aromatic rings. The smallest absolute Gasteiger partial charge is 0.343 e. The molecule has 0 saturated heterocycles. The third-order valence-electron chi connectivity index (χ3n) is 3.62. The number of aliphatic hydroxyl groups excluding tert-OH is 1. The zero-order valence-corrected chi connectivity index (χ0v) is 13.6. The van der Waals surface area contributed by atoms with Gasteiger partial charge in [-0.1, -0.05) is 5.16 Å². The Balaban J connectivity index is 1.99. The first-order chi connectivity index (χ1) is 12.0. The van der Waals surface area contributed by atoms with Crippen molar-refractivity contribution in [2.75, 3.05) is 6.61 Å². The highest BCUT2D eigenvalue weighted by Crippen LogP contribution is 2.30. The number of aliphatic hydroxyl groups is 1. The van der Waals surface area contributed by atoms with Gasteiger partial charge >= 0.3 is 5.97 Å². The van der Waals surface area contributed by atoms with Crippen molar-refractivity contribution in [2.24, 2.45) is 4.99 Å². The maximum Gasteiger partial charge on any atom is 0.343 e. The molecule has 1 aliphatic heterocycles. The summed E-state index contributed by atoms with van der Waals surface area (Å²) in [5.41, 5.74) is 2.25. The summed E-state index contributed by atoms with van der Waals surface area (Å²) >= 11 is 0. The topological polar surface area (TPSA) is 84.9 Å². The standard InChI is InChI=1S/C18H15FN2O4/c1-3-24-18(23)15-10(2)20-14(17(15)22)8-12-9-25-21-16(12)11-4-6-13(19)7-5-11/h4-9,22H,3H2,1-2H3/b14-8+. The SMILES string of the molecule is CCOC(=O)C1=C(O)/C(=C\c2conc2-c2ccc(F)cc2)N=C1C. The molecule has 1 aliphatic rings.